The number of hydrogen-bond acceptors (Lipinski definition) is 3. The molecular weight excluding hydrogens is 250 g/mol. The van der Waals surface area contributed by atoms with Crippen molar-refractivity contribution in [3.05, 3.63) is 70.8 Å². The second-order valence-corrected chi connectivity index (χ2v) is 4.34. The van der Waals surface area contributed by atoms with Crippen LogP contribution < -0.4 is 5.90 Å². The highest BCUT2D eigenvalue weighted by Gasteiger charge is 2.03. The third kappa shape index (κ3) is 3.94. The quantitative estimate of drug-likeness (QED) is 0.684. The van der Waals surface area contributed by atoms with E-state index in [1.54, 1.807) is 7.11 Å². The molecule has 0 atom stereocenters. The average Bonchev–Trinajstić information content (AvgIpc) is 2.49. The Labute approximate surface area is 119 Å². The summed E-state index contributed by atoms with van der Waals surface area (Å²) in [6, 6.07) is 15.8. The van der Waals surface area contributed by atoms with Crippen LogP contribution in [-0.4, -0.2) is 7.11 Å². The number of rotatable bonds is 4. The van der Waals surface area contributed by atoms with Crippen molar-refractivity contribution >= 4 is 0 Å². The van der Waals surface area contributed by atoms with Crippen LogP contribution in [0.4, 0.5) is 0 Å². The lowest BCUT2D eigenvalue weighted by atomic mass is 10.0. The van der Waals surface area contributed by atoms with Gasteiger partial charge in [-0.1, -0.05) is 36.1 Å². The van der Waals surface area contributed by atoms with Crippen LogP contribution in [0.1, 0.15) is 22.3 Å². The van der Waals surface area contributed by atoms with Crippen LogP contribution in [0.3, 0.4) is 0 Å². The molecule has 0 spiro atoms. The molecule has 0 saturated carbocycles. The summed E-state index contributed by atoms with van der Waals surface area (Å²) in [5, 5.41) is 0. The summed E-state index contributed by atoms with van der Waals surface area (Å²) in [5.41, 5.74) is 3.99. The second-order valence-electron chi connectivity index (χ2n) is 4.34. The number of methoxy groups -OCH3 is 1. The van der Waals surface area contributed by atoms with Crippen molar-refractivity contribution in [2.24, 2.45) is 5.90 Å². The fraction of sp³-hybridized carbons (Fsp3) is 0.176. The van der Waals surface area contributed by atoms with Gasteiger partial charge in [0.25, 0.3) is 0 Å². The van der Waals surface area contributed by atoms with E-state index in [1.807, 2.05) is 48.5 Å². The summed E-state index contributed by atoms with van der Waals surface area (Å²) in [6.45, 7) is 0.880. The van der Waals surface area contributed by atoms with Gasteiger partial charge in [0.15, 0.2) is 0 Å². The molecule has 2 rings (SSSR count). The average molecular weight is 267 g/mol. The SMILES string of the molecule is COCc1cc(C#Cc2ccccc2)ccc1CON. The van der Waals surface area contributed by atoms with Gasteiger partial charge in [-0.25, -0.2) is 5.90 Å². The van der Waals surface area contributed by atoms with Crippen LogP contribution >= 0.6 is 0 Å². The van der Waals surface area contributed by atoms with Crippen LogP contribution in [0.25, 0.3) is 0 Å². The molecule has 0 aliphatic rings. The molecule has 102 valence electrons. The Hall–Kier alpha value is -2.12. The van der Waals surface area contributed by atoms with Crippen molar-refractivity contribution < 1.29 is 9.57 Å². The van der Waals surface area contributed by atoms with Crippen LogP contribution in [0, 0.1) is 11.8 Å². The molecule has 0 fully saturated rings. The van der Waals surface area contributed by atoms with E-state index in [0.717, 1.165) is 22.3 Å². The highest BCUT2D eigenvalue weighted by molar-refractivity contribution is 5.45. The number of benzene rings is 2. The first-order chi connectivity index (χ1) is 9.83. The van der Waals surface area contributed by atoms with Gasteiger partial charge in [-0.3, -0.25) is 4.84 Å². The molecule has 20 heavy (non-hydrogen) atoms. The van der Waals surface area contributed by atoms with Crippen molar-refractivity contribution in [1.82, 2.24) is 0 Å². The lowest BCUT2D eigenvalue weighted by molar-refractivity contribution is 0.120. The minimum absolute atomic E-state index is 0.366. The fourth-order valence-corrected chi connectivity index (χ4v) is 1.89. The van der Waals surface area contributed by atoms with Crippen molar-refractivity contribution in [2.75, 3.05) is 7.11 Å². The topological polar surface area (TPSA) is 44.5 Å². The second kappa shape index (κ2) is 7.46. The molecule has 0 aromatic heterocycles. The van der Waals surface area contributed by atoms with Crippen molar-refractivity contribution in [3.63, 3.8) is 0 Å². The zero-order valence-corrected chi connectivity index (χ0v) is 11.4. The van der Waals surface area contributed by atoms with Crippen LogP contribution in [-0.2, 0) is 22.8 Å². The van der Waals surface area contributed by atoms with Gasteiger partial charge in [-0.15, -0.1) is 0 Å². The van der Waals surface area contributed by atoms with Gasteiger partial charge >= 0.3 is 0 Å². The minimum Gasteiger partial charge on any atom is -0.380 e. The predicted octanol–water partition coefficient (Wildman–Crippen LogP) is 2.62. The van der Waals surface area contributed by atoms with Crippen LogP contribution in [0.5, 0.6) is 0 Å². The van der Waals surface area contributed by atoms with Crippen molar-refractivity contribution in [1.29, 1.82) is 0 Å². The van der Waals surface area contributed by atoms with E-state index in [2.05, 4.69) is 11.8 Å². The zero-order valence-electron chi connectivity index (χ0n) is 11.4. The third-order valence-corrected chi connectivity index (χ3v) is 2.87. The standard InChI is InChI=1S/C17H17NO2/c1-19-12-17-11-15(9-10-16(17)13-20-18)8-7-14-5-3-2-4-6-14/h2-6,9-11H,12-13,18H2,1H3. The van der Waals surface area contributed by atoms with Gasteiger partial charge in [0.05, 0.1) is 13.2 Å². The maximum atomic E-state index is 5.19. The molecule has 2 N–H and O–H groups in total. The molecule has 0 bridgehead atoms. The number of nitrogens with two attached hydrogens (primary N) is 1. The van der Waals surface area contributed by atoms with E-state index in [-0.39, 0.29) is 0 Å². The monoisotopic (exact) mass is 267 g/mol. The first-order valence-corrected chi connectivity index (χ1v) is 6.33. The largest absolute Gasteiger partial charge is 0.380 e. The van der Waals surface area contributed by atoms with Gasteiger partial charge in [0, 0.05) is 18.2 Å². The summed E-state index contributed by atoms with van der Waals surface area (Å²) in [7, 11) is 1.66. The molecule has 0 aliphatic heterocycles. The Morgan fingerprint density at radius 3 is 2.35 bits per heavy atom. The van der Waals surface area contributed by atoms with E-state index < -0.39 is 0 Å². The number of ether oxygens (including phenoxy) is 1. The maximum absolute atomic E-state index is 5.19. The van der Waals surface area contributed by atoms with E-state index in [4.69, 9.17) is 15.5 Å². The van der Waals surface area contributed by atoms with Gasteiger partial charge in [0.1, 0.15) is 0 Å². The Morgan fingerprint density at radius 2 is 1.65 bits per heavy atom. The van der Waals surface area contributed by atoms with Gasteiger partial charge < -0.3 is 4.74 Å². The Bertz CT molecular complexity index is 612. The summed E-state index contributed by atoms with van der Waals surface area (Å²) in [4.78, 5) is 4.69. The molecule has 3 heteroatoms. The Morgan fingerprint density at radius 1 is 0.900 bits per heavy atom. The van der Waals surface area contributed by atoms with Gasteiger partial charge in [-0.2, -0.15) is 0 Å². The van der Waals surface area contributed by atoms with Gasteiger partial charge in [-0.05, 0) is 35.4 Å². The molecule has 0 amide bonds. The summed E-state index contributed by atoms with van der Waals surface area (Å²) < 4.78 is 5.19. The van der Waals surface area contributed by atoms with E-state index in [0.29, 0.717) is 13.2 Å². The zero-order chi connectivity index (χ0) is 14.2. The Kier molecular flexibility index (Phi) is 5.33. The lowest BCUT2D eigenvalue weighted by Crippen LogP contribution is -2.03. The smallest absolute Gasteiger partial charge is 0.0933 e. The minimum atomic E-state index is 0.366. The third-order valence-electron chi connectivity index (χ3n) is 2.87. The molecule has 0 radical (unpaired) electrons. The fourth-order valence-electron chi connectivity index (χ4n) is 1.89. The Balaban J connectivity index is 2.25. The summed E-state index contributed by atoms with van der Waals surface area (Å²) in [6.07, 6.45) is 0. The van der Waals surface area contributed by atoms with Crippen molar-refractivity contribution in [2.45, 2.75) is 13.2 Å². The molecule has 3 nitrogen and oxygen atoms in total. The highest BCUT2D eigenvalue weighted by atomic mass is 16.6. The van der Waals surface area contributed by atoms with Crippen LogP contribution in [0.2, 0.25) is 0 Å². The number of hydrogen-bond donors (Lipinski definition) is 1. The predicted molar refractivity (Wildman–Crippen MR) is 78.6 cm³/mol. The molecule has 0 aliphatic carbocycles. The molecular formula is C17H17NO2. The first-order valence-electron chi connectivity index (χ1n) is 6.33. The normalized spacial score (nSPS) is 9.90. The summed E-state index contributed by atoms with van der Waals surface area (Å²) in [5.74, 6) is 11.4. The maximum Gasteiger partial charge on any atom is 0.0933 e. The molecule has 2 aromatic rings. The molecule has 0 heterocycles. The van der Waals surface area contributed by atoms with E-state index >= 15 is 0 Å². The van der Waals surface area contributed by atoms with Crippen molar-refractivity contribution in [3.8, 4) is 11.8 Å². The van der Waals surface area contributed by atoms with E-state index in [9.17, 15) is 0 Å². The van der Waals surface area contributed by atoms with Crippen LogP contribution in [0.15, 0.2) is 48.5 Å². The lowest BCUT2D eigenvalue weighted by Gasteiger charge is -2.08. The molecule has 0 unspecified atom stereocenters. The van der Waals surface area contributed by atoms with Gasteiger partial charge in [0.2, 0.25) is 0 Å². The highest BCUT2D eigenvalue weighted by Crippen LogP contribution is 2.14. The van der Waals surface area contributed by atoms with E-state index in [1.165, 1.54) is 0 Å². The first kappa shape index (κ1) is 14.3. The molecule has 0 saturated heterocycles. The molecule has 2 aromatic carbocycles. The summed E-state index contributed by atoms with van der Waals surface area (Å²) >= 11 is 0.